The van der Waals surface area contributed by atoms with Crippen molar-refractivity contribution < 1.29 is 9.84 Å². The molecule has 0 atom stereocenters. The summed E-state index contributed by atoms with van der Waals surface area (Å²) in [7, 11) is 0. The van der Waals surface area contributed by atoms with Gasteiger partial charge in [-0.15, -0.1) is 0 Å². The number of phenols is 1. The molecule has 3 nitrogen and oxygen atoms in total. The minimum Gasteiger partial charge on any atom is -0.508 e. The third-order valence-electron chi connectivity index (χ3n) is 3.94. The van der Waals surface area contributed by atoms with Crippen LogP contribution in [0, 0.1) is 0 Å². The SMILES string of the molecule is Oc1ccc2cccc(OCCN3CCCCC3)c2c1. The number of benzene rings is 2. The lowest BCUT2D eigenvalue weighted by molar-refractivity contribution is 0.184. The van der Waals surface area contributed by atoms with E-state index in [0.29, 0.717) is 6.61 Å². The second kappa shape index (κ2) is 6.14. The Morgan fingerprint density at radius 3 is 2.75 bits per heavy atom. The second-order valence-electron chi connectivity index (χ2n) is 5.41. The highest BCUT2D eigenvalue weighted by Crippen LogP contribution is 2.28. The number of nitrogens with zero attached hydrogens (tertiary/aromatic N) is 1. The van der Waals surface area contributed by atoms with E-state index in [0.717, 1.165) is 23.1 Å². The fraction of sp³-hybridized carbons (Fsp3) is 0.412. The van der Waals surface area contributed by atoms with Gasteiger partial charge < -0.3 is 9.84 Å². The molecule has 0 spiro atoms. The van der Waals surface area contributed by atoms with Crippen molar-refractivity contribution in [3.8, 4) is 11.5 Å². The fourth-order valence-electron chi connectivity index (χ4n) is 2.83. The Morgan fingerprint density at radius 2 is 1.90 bits per heavy atom. The molecule has 0 aliphatic carbocycles. The van der Waals surface area contributed by atoms with E-state index in [9.17, 15) is 5.11 Å². The van der Waals surface area contributed by atoms with Crippen LogP contribution in [0.3, 0.4) is 0 Å². The predicted octanol–water partition coefficient (Wildman–Crippen LogP) is 3.41. The lowest BCUT2D eigenvalue weighted by Gasteiger charge is -2.26. The van der Waals surface area contributed by atoms with Gasteiger partial charge in [-0.25, -0.2) is 0 Å². The molecule has 3 rings (SSSR count). The van der Waals surface area contributed by atoms with Crippen LogP contribution < -0.4 is 4.74 Å². The third kappa shape index (κ3) is 3.05. The third-order valence-corrected chi connectivity index (χ3v) is 3.94. The van der Waals surface area contributed by atoms with Crippen molar-refractivity contribution in [2.45, 2.75) is 19.3 Å². The Kier molecular flexibility index (Phi) is 4.07. The van der Waals surface area contributed by atoms with Crippen LogP contribution in [-0.2, 0) is 0 Å². The number of hydrogen-bond acceptors (Lipinski definition) is 3. The highest BCUT2D eigenvalue weighted by Gasteiger charge is 2.10. The van der Waals surface area contributed by atoms with Crippen LogP contribution in [0.1, 0.15) is 19.3 Å². The Labute approximate surface area is 119 Å². The molecular formula is C17H21NO2. The zero-order chi connectivity index (χ0) is 13.8. The van der Waals surface area contributed by atoms with Crippen molar-refractivity contribution >= 4 is 10.8 Å². The smallest absolute Gasteiger partial charge is 0.127 e. The van der Waals surface area contributed by atoms with Gasteiger partial charge in [-0.3, -0.25) is 4.90 Å². The molecule has 1 fully saturated rings. The van der Waals surface area contributed by atoms with Gasteiger partial charge in [0.15, 0.2) is 0 Å². The molecule has 20 heavy (non-hydrogen) atoms. The molecule has 1 aliphatic rings. The standard InChI is InChI=1S/C17H21NO2/c19-15-8-7-14-5-4-6-17(16(14)13-15)20-12-11-18-9-2-1-3-10-18/h4-8,13,19H,1-3,9-12H2. The predicted molar refractivity (Wildman–Crippen MR) is 81.4 cm³/mol. The van der Waals surface area contributed by atoms with E-state index in [1.54, 1.807) is 12.1 Å². The average molecular weight is 271 g/mol. The van der Waals surface area contributed by atoms with Gasteiger partial charge in [0, 0.05) is 11.9 Å². The monoisotopic (exact) mass is 271 g/mol. The van der Waals surface area contributed by atoms with Gasteiger partial charge >= 0.3 is 0 Å². The summed E-state index contributed by atoms with van der Waals surface area (Å²) in [6.45, 7) is 4.07. The topological polar surface area (TPSA) is 32.7 Å². The number of fused-ring (bicyclic) bond motifs is 1. The van der Waals surface area contributed by atoms with Crippen molar-refractivity contribution in [2.24, 2.45) is 0 Å². The van der Waals surface area contributed by atoms with Crippen LogP contribution in [0.2, 0.25) is 0 Å². The lowest BCUT2D eigenvalue weighted by atomic mass is 10.1. The first kappa shape index (κ1) is 13.3. The van der Waals surface area contributed by atoms with Gasteiger partial charge in [0.05, 0.1) is 0 Å². The molecule has 1 aliphatic heterocycles. The minimum absolute atomic E-state index is 0.282. The maximum absolute atomic E-state index is 9.62. The molecule has 0 bridgehead atoms. The van der Waals surface area contributed by atoms with Crippen LogP contribution in [0.4, 0.5) is 0 Å². The largest absolute Gasteiger partial charge is 0.508 e. The van der Waals surface area contributed by atoms with Crippen molar-refractivity contribution in [2.75, 3.05) is 26.2 Å². The number of rotatable bonds is 4. The quantitative estimate of drug-likeness (QED) is 0.925. The molecule has 0 saturated carbocycles. The van der Waals surface area contributed by atoms with E-state index in [-0.39, 0.29) is 5.75 Å². The number of likely N-dealkylation sites (tertiary alicyclic amines) is 1. The van der Waals surface area contributed by atoms with Gasteiger partial charge in [0.25, 0.3) is 0 Å². The number of phenolic OH excluding ortho intramolecular Hbond substituents is 1. The Balaban J connectivity index is 1.66. The molecule has 2 aromatic carbocycles. The molecule has 0 radical (unpaired) electrons. The first-order valence-electron chi connectivity index (χ1n) is 7.40. The Morgan fingerprint density at radius 1 is 1.05 bits per heavy atom. The normalized spacial score (nSPS) is 16.4. The lowest BCUT2D eigenvalue weighted by Crippen LogP contribution is -2.33. The molecule has 0 amide bonds. The minimum atomic E-state index is 0.282. The van der Waals surface area contributed by atoms with Crippen molar-refractivity contribution in [1.29, 1.82) is 0 Å². The van der Waals surface area contributed by atoms with Crippen molar-refractivity contribution in [1.82, 2.24) is 4.90 Å². The van der Waals surface area contributed by atoms with Gasteiger partial charge in [0.1, 0.15) is 18.1 Å². The fourth-order valence-corrected chi connectivity index (χ4v) is 2.83. The van der Waals surface area contributed by atoms with E-state index >= 15 is 0 Å². The average Bonchev–Trinajstić information content (AvgIpc) is 2.49. The molecular weight excluding hydrogens is 250 g/mol. The van der Waals surface area contributed by atoms with Gasteiger partial charge in [-0.1, -0.05) is 24.6 Å². The zero-order valence-corrected chi connectivity index (χ0v) is 11.7. The summed E-state index contributed by atoms with van der Waals surface area (Å²) >= 11 is 0. The Bertz CT molecular complexity index is 576. The summed E-state index contributed by atoms with van der Waals surface area (Å²) in [5, 5.41) is 11.7. The molecule has 1 saturated heterocycles. The summed E-state index contributed by atoms with van der Waals surface area (Å²) in [4.78, 5) is 2.46. The van der Waals surface area contributed by atoms with Crippen molar-refractivity contribution in [3.05, 3.63) is 36.4 Å². The van der Waals surface area contributed by atoms with Crippen LogP contribution in [0.15, 0.2) is 36.4 Å². The zero-order valence-electron chi connectivity index (χ0n) is 11.7. The molecule has 0 aromatic heterocycles. The Hall–Kier alpha value is -1.74. The number of ether oxygens (including phenoxy) is 1. The van der Waals surface area contributed by atoms with Gasteiger partial charge in [-0.2, -0.15) is 0 Å². The number of aromatic hydroxyl groups is 1. The first-order valence-corrected chi connectivity index (χ1v) is 7.40. The summed E-state index contributed by atoms with van der Waals surface area (Å²) < 4.78 is 5.92. The summed E-state index contributed by atoms with van der Waals surface area (Å²) in [5.74, 6) is 1.14. The molecule has 2 aromatic rings. The number of hydrogen-bond donors (Lipinski definition) is 1. The second-order valence-corrected chi connectivity index (χ2v) is 5.41. The molecule has 0 unspecified atom stereocenters. The summed E-state index contributed by atoms with van der Waals surface area (Å²) in [6.07, 6.45) is 3.98. The van der Waals surface area contributed by atoms with E-state index in [2.05, 4.69) is 4.90 Å². The molecule has 1 heterocycles. The van der Waals surface area contributed by atoms with Gasteiger partial charge in [-0.05, 0) is 49.5 Å². The first-order chi connectivity index (χ1) is 9.83. The molecule has 3 heteroatoms. The maximum Gasteiger partial charge on any atom is 0.127 e. The molecule has 106 valence electrons. The summed E-state index contributed by atoms with van der Waals surface area (Å²) in [6, 6.07) is 11.4. The van der Waals surface area contributed by atoms with Crippen LogP contribution in [0.25, 0.3) is 10.8 Å². The highest BCUT2D eigenvalue weighted by molar-refractivity contribution is 5.89. The van der Waals surface area contributed by atoms with E-state index in [1.807, 2.05) is 24.3 Å². The van der Waals surface area contributed by atoms with Crippen molar-refractivity contribution in [3.63, 3.8) is 0 Å². The maximum atomic E-state index is 9.62. The summed E-state index contributed by atoms with van der Waals surface area (Å²) in [5.41, 5.74) is 0. The van der Waals surface area contributed by atoms with Crippen LogP contribution >= 0.6 is 0 Å². The van der Waals surface area contributed by atoms with Crippen LogP contribution in [0.5, 0.6) is 11.5 Å². The van der Waals surface area contributed by atoms with E-state index in [4.69, 9.17) is 4.74 Å². The van der Waals surface area contributed by atoms with Gasteiger partial charge in [0.2, 0.25) is 0 Å². The number of piperidine rings is 1. The van der Waals surface area contributed by atoms with E-state index in [1.165, 1.54) is 32.4 Å². The van der Waals surface area contributed by atoms with E-state index < -0.39 is 0 Å². The van der Waals surface area contributed by atoms with Crippen LogP contribution in [-0.4, -0.2) is 36.2 Å². The molecule has 1 N–H and O–H groups in total. The highest BCUT2D eigenvalue weighted by atomic mass is 16.5.